The van der Waals surface area contributed by atoms with Gasteiger partial charge in [-0.3, -0.25) is 0 Å². The summed E-state index contributed by atoms with van der Waals surface area (Å²) >= 11 is 0. The first-order valence-corrected chi connectivity index (χ1v) is 6.89. The van der Waals surface area contributed by atoms with E-state index in [1.807, 2.05) is 0 Å². The maximum atomic E-state index is 5.15. The summed E-state index contributed by atoms with van der Waals surface area (Å²) in [6.07, 6.45) is 1.29. The van der Waals surface area contributed by atoms with Gasteiger partial charge in [-0.1, -0.05) is 45.0 Å². The number of ether oxygens (including phenoxy) is 1. The Bertz CT molecular complexity index is 336. The quantitative estimate of drug-likeness (QED) is 0.760. The molecule has 0 amide bonds. The molecule has 2 nitrogen and oxygen atoms in total. The Labute approximate surface area is 112 Å². The summed E-state index contributed by atoms with van der Waals surface area (Å²) in [6.45, 7) is 9.61. The molecular weight excluding hydrogens is 222 g/mol. The molecule has 0 aliphatic carbocycles. The summed E-state index contributed by atoms with van der Waals surface area (Å²) in [5.74, 6) is 1.53. The van der Waals surface area contributed by atoms with Crippen LogP contribution in [0.3, 0.4) is 0 Å². The van der Waals surface area contributed by atoms with Gasteiger partial charge in [-0.25, -0.2) is 0 Å². The maximum Gasteiger partial charge on any atom is 0.0713 e. The second-order valence-corrected chi connectivity index (χ2v) is 5.62. The molecule has 1 aromatic carbocycles. The van der Waals surface area contributed by atoms with Crippen LogP contribution in [0.15, 0.2) is 24.3 Å². The van der Waals surface area contributed by atoms with Crippen molar-refractivity contribution in [3.8, 4) is 0 Å². The molecule has 0 saturated carbocycles. The molecule has 18 heavy (non-hydrogen) atoms. The Balaban J connectivity index is 2.32. The van der Waals surface area contributed by atoms with E-state index in [4.69, 9.17) is 4.74 Å². The number of benzene rings is 1. The van der Waals surface area contributed by atoms with Gasteiger partial charge in [-0.2, -0.15) is 0 Å². The molecule has 0 fully saturated rings. The summed E-state index contributed by atoms with van der Waals surface area (Å²) in [5.41, 5.74) is 2.58. The van der Waals surface area contributed by atoms with Crippen molar-refractivity contribution in [1.82, 2.24) is 5.32 Å². The van der Waals surface area contributed by atoms with E-state index in [9.17, 15) is 0 Å². The predicted octanol–water partition coefficient (Wildman–Crippen LogP) is 3.60. The van der Waals surface area contributed by atoms with Crippen molar-refractivity contribution in [2.75, 3.05) is 13.7 Å². The second-order valence-electron chi connectivity index (χ2n) is 5.62. The monoisotopic (exact) mass is 249 g/mol. The average molecular weight is 249 g/mol. The molecule has 2 heteroatoms. The molecule has 1 atom stereocenters. The molecule has 0 radical (unpaired) electrons. The lowest BCUT2D eigenvalue weighted by Gasteiger charge is -2.15. The lowest BCUT2D eigenvalue weighted by atomic mass is 9.99. The SMILES string of the molecule is COCc1cccc(CNCC(C)CC(C)C)c1. The van der Waals surface area contributed by atoms with Crippen LogP contribution in [0.25, 0.3) is 0 Å². The topological polar surface area (TPSA) is 21.3 Å². The van der Waals surface area contributed by atoms with Gasteiger partial charge in [-0.15, -0.1) is 0 Å². The minimum Gasteiger partial charge on any atom is -0.380 e. The Morgan fingerprint density at radius 1 is 1.17 bits per heavy atom. The zero-order valence-corrected chi connectivity index (χ0v) is 12.2. The summed E-state index contributed by atoms with van der Waals surface area (Å²) in [4.78, 5) is 0. The van der Waals surface area contributed by atoms with E-state index >= 15 is 0 Å². The van der Waals surface area contributed by atoms with Gasteiger partial charge in [0.15, 0.2) is 0 Å². The number of hydrogen-bond acceptors (Lipinski definition) is 2. The highest BCUT2D eigenvalue weighted by Gasteiger charge is 2.04. The first-order chi connectivity index (χ1) is 8.61. The van der Waals surface area contributed by atoms with Crippen LogP contribution in [0.2, 0.25) is 0 Å². The van der Waals surface area contributed by atoms with Gasteiger partial charge in [0, 0.05) is 13.7 Å². The zero-order chi connectivity index (χ0) is 13.4. The second kappa shape index (κ2) is 8.28. The van der Waals surface area contributed by atoms with Gasteiger partial charge in [0.1, 0.15) is 0 Å². The van der Waals surface area contributed by atoms with Gasteiger partial charge >= 0.3 is 0 Å². The Morgan fingerprint density at radius 3 is 2.56 bits per heavy atom. The van der Waals surface area contributed by atoms with Crippen LogP contribution in [-0.2, 0) is 17.9 Å². The molecule has 1 aromatic rings. The van der Waals surface area contributed by atoms with Crippen molar-refractivity contribution in [3.05, 3.63) is 35.4 Å². The fourth-order valence-electron chi connectivity index (χ4n) is 2.35. The van der Waals surface area contributed by atoms with Crippen LogP contribution >= 0.6 is 0 Å². The molecule has 0 spiro atoms. The van der Waals surface area contributed by atoms with Crippen molar-refractivity contribution >= 4 is 0 Å². The van der Waals surface area contributed by atoms with Gasteiger partial charge in [0.2, 0.25) is 0 Å². The average Bonchev–Trinajstić information content (AvgIpc) is 2.29. The largest absolute Gasteiger partial charge is 0.380 e. The third kappa shape index (κ3) is 6.18. The number of methoxy groups -OCH3 is 1. The molecule has 1 rings (SSSR count). The van der Waals surface area contributed by atoms with Gasteiger partial charge in [-0.05, 0) is 35.9 Å². The predicted molar refractivity (Wildman–Crippen MR) is 77.5 cm³/mol. The van der Waals surface area contributed by atoms with Crippen LogP contribution in [0, 0.1) is 11.8 Å². The first kappa shape index (κ1) is 15.2. The normalized spacial score (nSPS) is 12.9. The number of nitrogens with one attached hydrogen (secondary N) is 1. The third-order valence-electron chi connectivity index (χ3n) is 3.00. The molecule has 0 aromatic heterocycles. The minimum absolute atomic E-state index is 0.692. The standard InChI is InChI=1S/C16H27NO/c1-13(2)8-14(3)10-17-11-15-6-5-7-16(9-15)12-18-4/h5-7,9,13-14,17H,8,10-12H2,1-4H3. The van der Waals surface area contributed by atoms with E-state index in [-0.39, 0.29) is 0 Å². The highest BCUT2D eigenvalue weighted by molar-refractivity contribution is 5.22. The van der Waals surface area contributed by atoms with Gasteiger partial charge in [0.05, 0.1) is 6.61 Å². The van der Waals surface area contributed by atoms with E-state index in [1.54, 1.807) is 7.11 Å². The molecule has 0 aliphatic heterocycles. The Kier molecular flexibility index (Phi) is 6.99. The van der Waals surface area contributed by atoms with Crippen molar-refractivity contribution in [3.63, 3.8) is 0 Å². The van der Waals surface area contributed by atoms with Gasteiger partial charge in [0.25, 0.3) is 0 Å². The lowest BCUT2D eigenvalue weighted by Crippen LogP contribution is -2.21. The fourth-order valence-corrected chi connectivity index (χ4v) is 2.35. The minimum atomic E-state index is 0.692. The molecule has 0 bridgehead atoms. The van der Waals surface area contributed by atoms with Crippen LogP contribution < -0.4 is 5.32 Å². The molecular formula is C16H27NO. The Hall–Kier alpha value is -0.860. The molecule has 1 N–H and O–H groups in total. The van der Waals surface area contributed by atoms with E-state index in [0.717, 1.165) is 24.9 Å². The highest BCUT2D eigenvalue weighted by atomic mass is 16.5. The van der Waals surface area contributed by atoms with Crippen molar-refractivity contribution < 1.29 is 4.74 Å². The highest BCUT2D eigenvalue weighted by Crippen LogP contribution is 2.10. The summed E-state index contributed by atoms with van der Waals surface area (Å²) in [6, 6.07) is 8.58. The number of hydrogen-bond donors (Lipinski definition) is 1. The Morgan fingerprint density at radius 2 is 1.89 bits per heavy atom. The van der Waals surface area contributed by atoms with E-state index in [2.05, 4.69) is 50.4 Å². The fraction of sp³-hybridized carbons (Fsp3) is 0.625. The van der Waals surface area contributed by atoms with E-state index in [0.29, 0.717) is 6.61 Å². The van der Waals surface area contributed by atoms with Crippen LogP contribution in [0.5, 0.6) is 0 Å². The van der Waals surface area contributed by atoms with E-state index < -0.39 is 0 Å². The summed E-state index contributed by atoms with van der Waals surface area (Å²) in [7, 11) is 1.73. The van der Waals surface area contributed by atoms with Crippen LogP contribution in [0.4, 0.5) is 0 Å². The molecule has 0 saturated heterocycles. The molecule has 102 valence electrons. The lowest BCUT2D eigenvalue weighted by molar-refractivity contribution is 0.185. The van der Waals surface area contributed by atoms with Crippen molar-refractivity contribution in [2.45, 2.75) is 40.3 Å². The van der Waals surface area contributed by atoms with Crippen LogP contribution in [-0.4, -0.2) is 13.7 Å². The maximum absolute atomic E-state index is 5.15. The first-order valence-electron chi connectivity index (χ1n) is 6.89. The molecule has 1 unspecified atom stereocenters. The zero-order valence-electron chi connectivity index (χ0n) is 12.2. The number of rotatable bonds is 8. The van der Waals surface area contributed by atoms with Crippen molar-refractivity contribution in [2.24, 2.45) is 11.8 Å². The third-order valence-corrected chi connectivity index (χ3v) is 3.00. The summed E-state index contributed by atoms with van der Waals surface area (Å²) in [5, 5.41) is 3.54. The van der Waals surface area contributed by atoms with Crippen molar-refractivity contribution in [1.29, 1.82) is 0 Å². The smallest absolute Gasteiger partial charge is 0.0713 e. The van der Waals surface area contributed by atoms with Crippen LogP contribution in [0.1, 0.15) is 38.3 Å². The summed E-state index contributed by atoms with van der Waals surface area (Å²) < 4.78 is 5.15. The molecule has 0 heterocycles. The molecule has 0 aliphatic rings. The van der Waals surface area contributed by atoms with E-state index in [1.165, 1.54) is 17.5 Å². The van der Waals surface area contributed by atoms with Gasteiger partial charge < -0.3 is 10.1 Å².